The van der Waals surface area contributed by atoms with Crippen molar-refractivity contribution >= 4 is 41.1 Å². The molecule has 0 saturated heterocycles. The van der Waals surface area contributed by atoms with Crippen LogP contribution in [0.1, 0.15) is 18.0 Å². The molecule has 0 spiro atoms. The van der Waals surface area contributed by atoms with E-state index in [1.54, 1.807) is 12.1 Å². The van der Waals surface area contributed by atoms with E-state index in [9.17, 15) is 0 Å². The summed E-state index contributed by atoms with van der Waals surface area (Å²) in [4.78, 5) is 0. The highest BCUT2D eigenvalue weighted by atomic mass is 35.5. The summed E-state index contributed by atoms with van der Waals surface area (Å²) in [5.74, 6) is 5.85. The Balaban J connectivity index is 3.13. The third-order valence-electron chi connectivity index (χ3n) is 2.61. The molecule has 8 heteroatoms. The number of hydrogen-bond acceptors (Lipinski definition) is 4. The highest BCUT2D eigenvalue weighted by Crippen LogP contribution is 2.37. The summed E-state index contributed by atoms with van der Waals surface area (Å²) in [6.07, 6.45) is 1.81. The Kier molecular flexibility index (Phi) is 6.68. The Morgan fingerprint density at radius 2 is 2.05 bits per heavy atom. The van der Waals surface area contributed by atoms with E-state index < -0.39 is 0 Å². The minimum absolute atomic E-state index is 0.255. The molecule has 0 radical (unpaired) electrons. The van der Waals surface area contributed by atoms with Crippen LogP contribution in [0.2, 0.25) is 15.1 Å². The molecule has 1 aromatic carbocycles. The molecule has 19 heavy (non-hydrogen) atoms. The van der Waals surface area contributed by atoms with Gasteiger partial charge in [-0.1, -0.05) is 40.9 Å². The Labute approximate surface area is 127 Å². The topological polar surface area (TPSA) is 79.7 Å². The fourth-order valence-electron chi connectivity index (χ4n) is 1.67. The minimum atomic E-state index is -0.255. The van der Waals surface area contributed by atoms with Crippen molar-refractivity contribution in [1.82, 2.24) is 10.4 Å². The molecule has 106 valence electrons. The fourth-order valence-corrected chi connectivity index (χ4v) is 2.34. The van der Waals surface area contributed by atoms with Gasteiger partial charge in [0.05, 0.1) is 21.1 Å². The zero-order valence-corrected chi connectivity index (χ0v) is 12.7. The maximum absolute atomic E-state index is 6.21. The van der Waals surface area contributed by atoms with Gasteiger partial charge in [0.2, 0.25) is 0 Å². The van der Waals surface area contributed by atoms with Crippen LogP contribution in [0.15, 0.2) is 17.2 Å². The van der Waals surface area contributed by atoms with Crippen LogP contribution in [0.3, 0.4) is 0 Å². The first-order valence-corrected chi connectivity index (χ1v) is 6.72. The Hall–Kier alpha value is -0.720. The maximum Gasteiger partial charge on any atom is 0.107 e. The lowest BCUT2D eigenvalue weighted by atomic mass is 10.0. The molecule has 5 N–H and O–H groups in total. The first kappa shape index (κ1) is 16.3. The maximum atomic E-state index is 6.21. The number of nitrogens with zero attached hydrogens (tertiary/aromatic N) is 2. The fraction of sp³-hybridized carbons (Fsp3) is 0.364. The van der Waals surface area contributed by atoms with Crippen LogP contribution in [0.4, 0.5) is 0 Å². The van der Waals surface area contributed by atoms with Gasteiger partial charge < -0.3 is 11.1 Å². The number of hydrazine groups is 1. The summed E-state index contributed by atoms with van der Waals surface area (Å²) in [7, 11) is 1.85. The number of hydrogen-bond donors (Lipinski definition) is 3. The molecule has 0 heterocycles. The smallest absolute Gasteiger partial charge is 0.107 e. The van der Waals surface area contributed by atoms with Crippen molar-refractivity contribution in [2.75, 3.05) is 13.6 Å². The molecule has 1 rings (SSSR count). The molecule has 0 amide bonds. The Morgan fingerprint density at radius 3 is 2.63 bits per heavy atom. The van der Waals surface area contributed by atoms with Crippen LogP contribution in [-0.2, 0) is 0 Å². The van der Waals surface area contributed by atoms with Gasteiger partial charge in [0.25, 0.3) is 0 Å². The van der Waals surface area contributed by atoms with Crippen LogP contribution in [0.5, 0.6) is 0 Å². The second kappa shape index (κ2) is 7.77. The van der Waals surface area contributed by atoms with Gasteiger partial charge in [0.1, 0.15) is 6.34 Å². The van der Waals surface area contributed by atoms with E-state index in [0.29, 0.717) is 21.5 Å². The van der Waals surface area contributed by atoms with Crippen LogP contribution in [-0.4, -0.2) is 25.0 Å². The molecule has 1 unspecified atom stereocenters. The van der Waals surface area contributed by atoms with Crippen molar-refractivity contribution in [3.05, 3.63) is 32.8 Å². The molecule has 0 aliphatic carbocycles. The van der Waals surface area contributed by atoms with Gasteiger partial charge in [-0.2, -0.15) is 5.10 Å². The molecule has 0 fully saturated rings. The molecular formula is C11H16Cl3N5. The van der Waals surface area contributed by atoms with Gasteiger partial charge >= 0.3 is 0 Å². The molecule has 1 aromatic rings. The Morgan fingerprint density at radius 1 is 1.37 bits per heavy atom. The van der Waals surface area contributed by atoms with E-state index in [-0.39, 0.29) is 6.04 Å². The largest absolute Gasteiger partial charge is 0.388 e. The second-order valence-corrected chi connectivity index (χ2v) is 4.98. The third kappa shape index (κ3) is 4.12. The van der Waals surface area contributed by atoms with E-state index in [1.807, 2.05) is 7.05 Å². The quantitative estimate of drug-likeness (QED) is 0.247. The minimum Gasteiger partial charge on any atom is -0.388 e. The SMILES string of the molecule is CNCCC(c1ccc(Cl)c(Cl)c1Cl)N(N)/N=C\N. The normalized spacial score (nSPS) is 12.9. The lowest BCUT2D eigenvalue weighted by Gasteiger charge is -2.26. The van der Waals surface area contributed by atoms with E-state index in [1.165, 1.54) is 5.12 Å². The van der Waals surface area contributed by atoms with Crippen molar-refractivity contribution in [2.45, 2.75) is 12.5 Å². The summed E-state index contributed by atoms with van der Waals surface area (Å²) in [5.41, 5.74) is 6.01. The molecule has 1 atom stereocenters. The third-order valence-corrected chi connectivity index (χ3v) is 3.92. The molecular weight excluding hydrogens is 309 g/mol. The van der Waals surface area contributed by atoms with Crippen LogP contribution in [0.25, 0.3) is 0 Å². The monoisotopic (exact) mass is 323 g/mol. The summed E-state index contributed by atoms with van der Waals surface area (Å²) in [6.45, 7) is 0.731. The van der Waals surface area contributed by atoms with Crippen molar-refractivity contribution in [3.63, 3.8) is 0 Å². The summed E-state index contributed by atoms with van der Waals surface area (Å²) < 4.78 is 0. The lowest BCUT2D eigenvalue weighted by Crippen LogP contribution is -2.33. The molecule has 0 aliphatic rings. The zero-order chi connectivity index (χ0) is 14.4. The van der Waals surface area contributed by atoms with Gasteiger partial charge in [0, 0.05) is 0 Å². The van der Waals surface area contributed by atoms with Crippen molar-refractivity contribution < 1.29 is 0 Å². The van der Waals surface area contributed by atoms with Gasteiger partial charge in [-0.25, -0.2) is 11.0 Å². The molecule has 5 nitrogen and oxygen atoms in total. The van der Waals surface area contributed by atoms with Gasteiger partial charge in [-0.3, -0.25) is 0 Å². The van der Waals surface area contributed by atoms with Crippen molar-refractivity contribution in [2.24, 2.45) is 16.7 Å². The highest BCUT2D eigenvalue weighted by molar-refractivity contribution is 6.48. The van der Waals surface area contributed by atoms with E-state index in [4.69, 9.17) is 46.4 Å². The second-order valence-electron chi connectivity index (χ2n) is 3.82. The average Bonchev–Trinajstić information content (AvgIpc) is 2.39. The predicted molar refractivity (Wildman–Crippen MR) is 81.5 cm³/mol. The first-order chi connectivity index (χ1) is 9.02. The standard InChI is InChI=1S/C11H16Cl3N5/c1-17-5-4-9(19(16)18-6-15)7-2-3-8(12)11(14)10(7)13/h2-3,6,9,17H,4-5,16H2,1H3,(H2,15,18). The summed E-state index contributed by atoms with van der Waals surface area (Å²) >= 11 is 18.2. The zero-order valence-electron chi connectivity index (χ0n) is 10.4. The predicted octanol–water partition coefficient (Wildman–Crippen LogP) is 2.38. The van der Waals surface area contributed by atoms with Crippen LogP contribution in [0, 0.1) is 0 Å². The number of nitrogens with two attached hydrogens (primary N) is 2. The first-order valence-electron chi connectivity index (χ1n) is 5.59. The van der Waals surface area contributed by atoms with Crippen molar-refractivity contribution in [3.8, 4) is 0 Å². The van der Waals surface area contributed by atoms with E-state index in [0.717, 1.165) is 18.4 Å². The van der Waals surface area contributed by atoms with Gasteiger partial charge in [0.15, 0.2) is 0 Å². The number of rotatable bonds is 6. The highest BCUT2D eigenvalue weighted by Gasteiger charge is 2.21. The van der Waals surface area contributed by atoms with Crippen LogP contribution >= 0.6 is 34.8 Å². The molecule has 0 saturated carbocycles. The molecule has 0 aromatic heterocycles. The van der Waals surface area contributed by atoms with Gasteiger partial charge in [-0.05, 0) is 31.6 Å². The summed E-state index contributed by atoms with van der Waals surface area (Å²) in [6, 6.07) is 3.20. The molecule has 0 bridgehead atoms. The van der Waals surface area contributed by atoms with E-state index >= 15 is 0 Å². The van der Waals surface area contributed by atoms with Crippen molar-refractivity contribution in [1.29, 1.82) is 0 Å². The summed E-state index contributed by atoms with van der Waals surface area (Å²) in [5, 5.41) is 9.22. The lowest BCUT2D eigenvalue weighted by molar-refractivity contribution is 0.201. The van der Waals surface area contributed by atoms with Crippen LogP contribution < -0.4 is 16.9 Å². The number of benzene rings is 1. The van der Waals surface area contributed by atoms with E-state index in [2.05, 4.69) is 10.4 Å². The number of hydrazone groups is 1. The average molecular weight is 325 g/mol. The Bertz CT molecular complexity index is 452. The number of halogens is 3. The number of nitrogens with one attached hydrogen (secondary N) is 1. The van der Waals surface area contributed by atoms with Gasteiger partial charge in [-0.15, -0.1) is 0 Å². The molecule has 0 aliphatic heterocycles.